The lowest BCUT2D eigenvalue weighted by atomic mass is 9.83. The molecule has 1 saturated heterocycles. The fourth-order valence-electron chi connectivity index (χ4n) is 5.25. The fraction of sp³-hybridized carbons (Fsp3) is 0.577. The Bertz CT molecular complexity index is 864. The van der Waals surface area contributed by atoms with Gasteiger partial charge < -0.3 is 14.6 Å². The number of carbonyl (C=O) groups excluding carboxylic acids is 1. The number of hydrogen-bond donors (Lipinski definition) is 1. The number of likely N-dealkylation sites (tertiary alicyclic amines) is 1. The molecule has 0 radical (unpaired) electrons. The first kappa shape index (κ1) is 21.2. The predicted molar refractivity (Wildman–Crippen MR) is 123 cm³/mol. The van der Waals surface area contributed by atoms with Crippen LogP contribution in [0.25, 0.3) is 11.0 Å². The number of benzene rings is 1. The maximum atomic E-state index is 11.9. The van der Waals surface area contributed by atoms with Crippen LogP contribution in [0.15, 0.2) is 46.6 Å². The topological polar surface area (TPSA) is 45.5 Å². The highest BCUT2D eigenvalue weighted by atomic mass is 16.3. The van der Waals surface area contributed by atoms with Crippen molar-refractivity contribution in [2.45, 2.75) is 70.8 Å². The first-order valence-corrected chi connectivity index (χ1v) is 11.7. The molecule has 2 aromatic rings. The molecular formula is C26H36N2O2. The molecule has 4 rings (SSSR count). The zero-order valence-corrected chi connectivity index (χ0v) is 18.5. The van der Waals surface area contributed by atoms with E-state index in [2.05, 4.69) is 28.4 Å². The molecule has 162 valence electrons. The van der Waals surface area contributed by atoms with Crippen LogP contribution in [0.4, 0.5) is 0 Å². The number of carbonyl (C=O) groups is 1. The smallest absolute Gasteiger partial charge is 0.244 e. The van der Waals surface area contributed by atoms with E-state index >= 15 is 0 Å². The van der Waals surface area contributed by atoms with Gasteiger partial charge in [-0.05, 0) is 96.3 Å². The monoisotopic (exact) mass is 408 g/mol. The summed E-state index contributed by atoms with van der Waals surface area (Å²) in [6.45, 7) is 7.54. The molecule has 2 fully saturated rings. The van der Waals surface area contributed by atoms with Gasteiger partial charge in [-0.3, -0.25) is 4.79 Å². The van der Waals surface area contributed by atoms with Crippen LogP contribution in [0.5, 0.6) is 0 Å². The van der Waals surface area contributed by atoms with Gasteiger partial charge in [0.05, 0.1) is 6.26 Å². The van der Waals surface area contributed by atoms with Crippen molar-refractivity contribution in [2.75, 3.05) is 19.6 Å². The second-order valence-electron chi connectivity index (χ2n) is 9.54. The Balaban J connectivity index is 1.17. The van der Waals surface area contributed by atoms with Gasteiger partial charge in [-0.1, -0.05) is 23.8 Å². The number of furan rings is 1. The highest BCUT2D eigenvalue weighted by Gasteiger charge is 2.25. The van der Waals surface area contributed by atoms with Crippen LogP contribution < -0.4 is 5.32 Å². The van der Waals surface area contributed by atoms with Gasteiger partial charge in [-0.15, -0.1) is 0 Å². The van der Waals surface area contributed by atoms with Gasteiger partial charge in [0.1, 0.15) is 5.58 Å². The van der Waals surface area contributed by atoms with Gasteiger partial charge >= 0.3 is 0 Å². The standard InChI is InChI=1S/C26H36N2O2/c1-19(2)17-26(29)27-22-9-7-20(8-10-22)11-14-28-15-12-21(13-16-28)24-18-30-25-6-4-3-5-23(24)25/h3-6,17-18,20-22H,7-16H2,1-2H3,(H,27,29)/t20-,22-. The average Bonchev–Trinajstić information content (AvgIpc) is 3.17. The van der Waals surface area contributed by atoms with Crippen molar-refractivity contribution < 1.29 is 9.21 Å². The van der Waals surface area contributed by atoms with E-state index < -0.39 is 0 Å². The molecule has 1 saturated carbocycles. The van der Waals surface area contributed by atoms with Crippen LogP contribution in [0.2, 0.25) is 0 Å². The number of hydrogen-bond acceptors (Lipinski definition) is 3. The Morgan fingerprint density at radius 2 is 1.83 bits per heavy atom. The molecule has 1 aromatic heterocycles. The number of piperidine rings is 1. The van der Waals surface area contributed by atoms with Crippen molar-refractivity contribution >= 4 is 16.9 Å². The largest absolute Gasteiger partial charge is 0.464 e. The van der Waals surface area contributed by atoms with Crippen LogP contribution in [0.3, 0.4) is 0 Å². The summed E-state index contributed by atoms with van der Waals surface area (Å²) in [5.74, 6) is 1.52. The summed E-state index contributed by atoms with van der Waals surface area (Å²) in [7, 11) is 0. The van der Waals surface area contributed by atoms with Gasteiger partial charge in [-0.2, -0.15) is 0 Å². The minimum atomic E-state index is 0.0757. The maximum absolute atomic E-state index is 11.9. The number of para-hydroxylation sites is 1. The molecule has 4 nitrogen and oxygen atoms in total. The highest BCUT2D eigenvalue weighted by molar-refractivity contribution is 5.88. The quantitative estimate of drug-likeness (QED) is 0.629. The molecular weight excluding hydrogens is 372 g/mol. The third-order valence-corrected chi connectivity index (χ3v) is 7.00. The summed E-state index contributed by atoms with van der Waals surface area (Å²) in [5, 5.41) is 4.47. The Kier molecular flexibility index (Phi) is 6.93. The van der Waals surface area contributed by atoms with Crippen molar-refractivity contribution in [3.8, 4) is 0 Å². The third kappa shape index (κ3) is 5.34. The van der Waals surface area contributed by atoms with Gasteiger partial charge in [0.25, 0.3) is 0 Å². The maximum Gasteiger partial charge on any atom is 0.244 e. The zero-order chi connectivity index (χ0) is 20.9. The van der Waals surface area contributed by atoms with E-state index in [-0.39, 0.29) is 5.91 Å². The normalized spacial score (nSPS) is 23.4. The van der Waals surface area contributed by atoms with Gasteiger partial charge in [-0.25, -0.2) is 0 Å². The van der Waals surface area contributed by atoms with Crippen LogP contribution >= 0.6 is 0 Å². The van der Waals surface area contributed by atoms with Crippen molar-refractivity contribution in [2.24, 2.45) is 5.92 Å². The first-order valence-electron chi connectivity index (χ1n) is 11.7. The van der Waals surface area contributed by atoms with E-state index in [0.29, 0.717) is 12.0 Å². The molecule has 0 bridgehead atoms. The first-order chi connectivity index (χ1) is 14.6. The Morgan fingerprint density at radius 3 is 2.57 bits per heavy atom. The van der Waals surface area contributed by atoms with Crippen LogP contribution in [0.1, 0.15) is 70.3 Å². The van der Waals surface area contributed by atoms with Crippen molar-refractivity contribution in [1.29, 1.82) is 0 Å². The van der Waals surface area contributed by atoms with Crippen molar-refractivity contribution in [1.82, 2.24) is 10.2 Å². The number of nitrogens with one attached hydrogen (secondary N) is 1. The number of allylic oxidation sites excluding steroid dienone is 1. The zero-order valence-electron chi connectivity index (χ0n) is 18.5. The lowest BCUT2D eigenvalue weighted by molar-refractivity contribution is -0.117. The number of fused-ring (bicyclic) bond motifs is 1. The highest BCUT2D eigenvalue weighted by Crippen LogP contribution is 2.35. The fourth-order valence-corrected chi connectivity index (χ4v) is 5.25. The van der Waals surface area contributed by atoms with E-state index in [1.165, 1.54) is 62.7 Å². The summed E-state index contributed by atoms with van der Waals surface area (Å²) in [5.41, 5.74) is 3.48. The number of rotatable bonds is 6. The summed E-state index contributed by atoms with van der Waals surface area (Å²) in [6.07, 6.45) is 12.2. The van der Waals surface area contributed by atoms with Gasteiger partial charge in [0.2, 0.25) is 5.91 Å². The lowest BCUT2D eigenvalue weighted by Gasteiger charge is -2.34. The summed E-state index contributed by atoms with van der Waals surface area (Å²) in [6, 6.07) is 8.78. The minimum absolute atomic E-state index is 0.0757. The molecule has 1 amide bonds. The van der Waals surface area contributed by atoms with Gasteiger partial charge in [0.15, 0.2) is 0 Å². The molecule has 0 unspecified atom stereocenters. The molecule has 2 heterocycles. The molecule has 0 atom stereocenters. The molecule has 2 aliphatic rings. The number of nitrogens with zero attached hydrogens (tertiary/aromatic N) is 1. The Morgan fingerprint density at radius 1 is 1.10 bits per heavy atom. The third-order valence-electron chi connectivity index (χ3n) is 7.00. The number of amides is 1. The van der Waals surface area contributed by atoms with Crippen LogP contribution in [0, 0.1) is 5.92 Å². The predicted octanol–water partition coefficient (Wildman–Crippen LogP) is 5.64. The second-order valence-corrected chi connectivity index (χ2v) is 9.54. The molecule has 1 aliphatic heterocycles. The van der Waals surface area contributed by atoms with Crippen molar-refractivity contribution in [3.63, 3.8) is 0 Å². The Labute approximate surface area is 180 Å². The lowest BCUT2D eigenvalue weighted by Crippen LogP contribution is -2.38. The molecule has 30 heavy (non-hydrogen) atoms. The SMILES string of the molecule is CC(C)=CC(=O)N[C@H]1CC[C@H](CCN2CCC(c3coc4ccccc34)CC2)CC1. The summed E-state index contributed by atoms with van der Waals surface area (Å²) < 4.78 is 5.76. The summed E-state index contributed by atoms with van der Waals surface area (Å²) >= 11 is 0. The van der Waals surface area contributed by atoms with E-state index in [4.69, 9.17) is 4.42 Å². The Hall–Kier alpha value is -2.07. The molecule has 1 aromatic carbocycles. The molecule has 1 aliphatic carbocycles. The summed E-state index contributed by atoms with van der Waals surface area (Å²) in [4.78, 5) is 14.6. The van der Waals surface area contributed by atoms with Crippen molar-refractivity contribution in [3.05, 3.63) is 47.7 Å². The van der Waals surface area contributed by atoms with E-state index in [0.717, 1.165) is 29.9 Å². The minimum Gasteiger partial charge on any atom is -0.464 e. The van der Waals surface area contributed by atoms with Crippen LogP contribution in [-0.4, -0.2) is 36.5 Å². The van der Waals surface area contributed by atoms with Gasteiger partial charge in [0, 0.05) is 23.1 Å². The second kappa shape index (κ2) is 9.82. The van der Waals surface area contributed by atoms with E-state index in [1.54, 1.807) is 6.08 Å². The molecule has 1 N–H and O–H groups in total. The average molecular weight is 409 g/mol. The molecule has 0 spiro atoms. The molecule has 4 heteroatoms. The van der Waals surface area contributed by atoms with Crippen LogP contribution in [-0.2, 0) is 4.79 Å². The van der Waals surface area contributed by atoms with E-state index in [9.17, 15) is 4.79 Å². The van der Waals surface area contributed by atoms with E-state index in [1.807, 2.05) is 26.2 Å².